The number of amides is 1. The van der Waals surface area contributed by atoms with Crippen molar-refractivity contribution in [3.8, 4) is 5.75 Å². The van der Waals surface area contributed by atoms with Crippen LogP contribution in [0.1, 0.15) is 26.5 Å². The van der Waals surface area contributed by atoms with Crippen molar-refractivity contribution < 1.29 is 19.1 Å². The minimum atomic E-state index is -0.492. The lowest BCUT2D eigenvalue weighted by atomic mass is 10.1. The summed E-state index contributed by atoms with van der Waals surface area (Å²) in [4.78, 5) is 32.1. The van der Waals surface area contributed by atoms with Gasteiger partial charge < -0.3 is 19.8 Å². The number of ether oxygens (including phenoxy) is 2. The predicted octanol–water partition coefficient (Wildman–Crippen LogP) is 4.07. The summed E-state index contributed by atoms with van der Waals surface area (Å²) >= 11 is 0. The fourth-order valence-electron chi connectivity index (χ4n) is 3.29. The van der Waals surface area contributed by atoms with Gasteiger partial charge in [0.2, 0.25) is 0 Å². The first-order valence-electron chi connectivity index (χ1n) is 8.97. The van der Waals surface area contributed by atoms with Gasteiger partial charge in [-0.15, -0.1) is 0 Å². The summed E-state index contributed by atoms with van der Waals surface area (Å²) in [7, 11) is 2.90. The zero-order chi connectivity index (χ0) is 20.5. The first-order chi connectivity index (χ1) is 14.0. The smallest absolute Gasteiger partial charge is 0.356 e. The van der Waals surface area contributed by atoms with Gasteiger partial charge in [-0.3, -0.25) is 4.79 Å². The molecule has 0 bridgehead atoms. The zero-order valence-corrected chi connectivity index (χ0v) is 16.2. The van der Waals surface area contributed by atoms with E-state index in [1.54, 1.807) is 37.4 Å². The Morgan fingerprint density at radius 3 is 2.45 bits per heavy atom. The number of rotatable bonds is 4. The van der Waals surface area contributed by atoms with E-state index in [0.717, 1.165) is 21.8 Å². The Bertz CT molecular complexity index is 1240. The topological polar surface area (TPSA) is 93.3 Å². The number of H-pyrrole nitrogens is 1. The van der Waals surface area contributed by atoms with E-state index < -0.39 is 5.97 Å². The molecule has 0 atom stereocenters. The van der Waals surface area contributed by atoms with E-state index >= 15 is 0 Å². The SMILES string of the molecule is COC(=O)c1cc2c([nH]c3ccc(NC(=O)c4ccc(OC)cc4)cc32)c(C)n1. The number of hydrogen-bond donors (Lipinski definition) is 2. The third-order valence-electron chi connectivity index (χ3n) is 4.77. The van der Waals surface area contributed by atoms with Crippen molar-refractivity contribution in [3.63, 3.8) is 0 Å². The van der Waals surface area contributed by atoms with E-state index in [1.807, 2.05) is 25.1 Å². The van der Waals surface area contributed by atoms with Gasteiger partial charge in [-0.05, 0) is 55.5 Å². The average molecular weight is 389 g/mol. The number of pyridine rings is 1. The Morgan fingerprint density at radius 1 is 1.00 bits per heavy atom. The lowest BCUT2D eigenvalue weighted by Crippen LogP contribution is -2.11. The van der Waals surface area contributed by atoms with Gasteiger partial charge in [-0.2, -0.15) is 0 Å². The van der Waals surface area contributed by atoms with E-state index in [1.165, 1.54) is 7.11 Å². The number of nitrogens with zero attached hydrogens (tertiary/aromatic N) is 1. The quantitative estimate of drug-likeness (QED) is 0.513. The van der Waals surface area contributed by atoms with Crippen molar-refractivity contribution >= 4 is 39.4 Å². The van der Waals surface area contributed by atoms with Gasteiger partial charge >= 0.3 is 5.97 Å². The Kier molecular flexibility index (Phi) is 4.64. The van der Waals surface area contributed by atoms with Crippen LogP contribution in [0.2, 0.25) is 0 Å². The number of aromatic amines is 1. The fourth-order valence-corrected chi connectivity index (χ4v) is 3.29. The van der Waals surface area contributed by atoms with E-state index in [-0.39, 0.29) is 11.6 Å². The number of hydrogen-bond acceptors (Lipinski definition) is 5. The molecule has 2 aromatic heterocycles. The highest BCUT2D eigenvalue weighted by Crippen LogP contribution is 2.30. The molecule has 0 radical (unpaired) electrons. The van der Waals surface area contributed by atoms with Gasteiger partial charge in [0.05, 0.1) is 25.4 Å². The maximum Gasteiger partial charge on any atom is 0.356 e. The number of nitrogens with one attached hydrogen (secondary N) is 2. The van der Waals surface area contributed by atoms with Crippen LogP contribution in [0.4, 0.5) is 5.69 Å². The lowest BCUT2D eigenvalue weighted by molar-refractivity contribution is 0.0594. The summed E-state index contributed by atoms with van der Waals surface area (Å²) in [5.41, 5.74) is 3.83. The van der Waals surface area contributed by atoms with Crippen LogP contribution in [0.25, 0.3) is 21.8 Å². The van der Waals surface area contributed by atoms with Crippen LogP contribution < -0.4 is 10.1 Å². The third kappa shape index (κ3) is 3.38. The average Bonchev–Trinajstić information content (AvgIpc) is 3.12. The van der Waals surface area contributed by atoms with E-state index in [9.17, 15) is 9.59 Å². The number of aryl methyl sites for hydroxylation is 1. The third-order valence-corrected chi connectivity index (χ3v) is 4.77. The number of benzene rings is 2. The number of fused-ring (bicyclic) bond motifs is 3. The van der Waals surface area contributed by atoms with Gasteiger partial charge in [0.1, 0.15) is 11.4 Å². The maximum absolute atomic E-state index is 12.6. The van der Waals surface area contributed by atoms with Crippen molar-refractivity contribution in [1.29, 1.82) is 0 Å². The lowest BCUT2D eigenvalue weighted by Gasteiger charge is -2.07. The molecule has 0 saturated carbocycles. The van der Waals surface area contributed by atoms with Crippen LogP contribution in [0.3, 0.4) is 0 Å². The summed E-state index contributed by atoms with van der Waals surface area (Å²) in [5.74, 6) is -0.0274. The van der Waals surface area contributed by atoms with Crippen molar-refractivity contribution in [2.24, 2.45) is 0 Å². The molecule has 0 spiro atoms. The van der Waals surface area contributed by atoms with Crippen LogP contribution in [0.5, 0.6) is 5.75 Å². The molecule has 0 saturated heterocycles. The molecule has 0 fully saturated rings. The normalized spacial score (nSPS) is 10.9. The van der Waals surface area contributed by atoms with Gasteiger partial charge in [-0.1, -0.05) is 0 Å². The van der Waals surface area contributed by atoms with Crippen LogP contribution >= 0.6 is 0 Å². The first kappa shape index (κ1) is 18.5. The van der Waals surface area contributed by atoms with Gasteiger partial charge in [-0.25, -0.2) is 9.78 Å². The molecule has 0 aliphatic rings. The Morgan fingerprint density at radius 2 is 1.76 bits per heavy atom. The molecule has 2 heterocycles. The molecule has 0 unspecified atom stereocenters. The van der Waals surface area contributed by atoms with Gasteiger partial charge in [0.15, 0.2) is 0 Å². The van der Waals surface area contributed by atoms with Crippen molar-refractivity contribution in [2.75, 3.05) is 19.5 Å². The Labute approximate surface area is 166 Å². The number of esters is 1. The summed E-state index contributed by atoms with van der Waals surface area (Å²) in [6.45, 7) is 1.83. The molecule has 146 valence electrons. The van der Waals surface area contributed by atoms with Crippen molar-refractivity contribution in [2.45, 2.75) is 6.92 Å². The second-order valence-electron chi connectivity index (χ2n) is 6.58. The van der Waals surface area contributed by atoms with Crippen LogP contribution in [0, 0.1) is 6.92 Å². The highest BCUT2D eigenvalue weighted by Gasteiger charge is 2.15. The van der Waals surface area contributed by atoms with Gasteiger partial charge in [0, 0.05) is 27.5 Å². The fraction of sp³-hybridized carbons (Fsp3) is 0.136. The molecular weight excluding hydrogens is 370 g/mol. The summed E-state index contributed by atoms with van der Waals surface area (Å²) < 4.78 is 9.91. The summed E-state index contributed by atoms with van der Waals surface area (Å²) in [6.07, 6.45) is 0. The van der Waals surface area contributed by atoms with Crippen molar-refractivity contribution in [1.82, 2.24) is 9.97 Å². The Hall–Kier alpha value is -3.87. The molecule has 29 heavy (non-hydrogen) atoms. The summed E-state index contributed by atoms with van der Waals surface area (Å²) in [6, 6.07) is 14.2. The highest BCUT2D eigenvalue weighted by molar-refractivity contribution is 6.12. The minimum absolute atomic E-state index is 0.222. The zero-order valence-electron chi connectivity index (χ0n) is 16.2. The molecular formula is C22H19N3O4. The van der Waals surface area contributed by atoms with Crippen LogP contribution in [-0.4, -0.2) is 36.1 Å². The molecule has 4 aromatic rings. The van der Waals surface area contributed by atoms with Crippen molar-refractivity contribution in [3.05, 3.63) is 65.5 Å². The maximum atomic E-state index is 12.6. The first-order valence-corrected chi connectivity index (χ1v) is 8.97. The van der Waals surface area contributed by atoms with E-state index in [4.69, 9.17) is 9.47 Å². The summed E-state index contributed by atoms with van der Waals surface area (Å²) in [5, 5.41) is 4.62. The molecule has 7 heteroatoms. The molecule has 0 aliphatic carbocycles. The standard InChI is InChI=1S/C22H19N3O4/c1-12-20-17(11-19(23-12)22(27)29-3)16-10-14(6-9-18(16)25-20)24-21(26)13-4-7-15(28-2)8-5-13/h4-11,25H,1-3H3,(H,24,26). The van der Waals surface area contributed by atoms with E-state index in [2.05, 4.69) is 15.3 Å². The largest absolute Gasteiger partial charge is 0.497 e. The highest BCUT2D eigenvalue weighted by atomic mass is 16.5. The monoisotopic (exact) mass is 389 g/mol. The van der Waals surface area contributed by atoms with Gasteiger partial charge in [0.25, 0.3) is 5.91 Å². The second-order valence-corrected chi connectivity index (χ2v) is 6.58. The number of carbonyl (C=O) groups excluding carboxylic acids is 2. The molecule has 2 aromatic carbocycles. The molecule has 1 amide bonds. The molecule has 2 N–H and O–H groups in total. The number of aromatic nitrogens is 2. The van der Waals surface area contributed by atoms with Crippen LogP contribution in [0.15, 0.2) is 48.5 Å². The number of carbonyl (C=O) groups is 2. The van der Waals surface area contributed by atoms with E-state index in [0.29, 0.717) is 22.7 Å². The predicted molar refractivity (Wildman–Crippen MR) is 111 cm³/mol. The second kappa shape index (κ2) is 7.27. The van der Waals surface area contributed by atoms with Crippen LogP contribution in [-0.2, 0) is 4.74 Å². The number of anilines is 1. The minimum Gasteiger partial charge on any atom is -0.497 e. The molecule has 7 nitrogen and oxygen atoms in total. The number of methoxy groups -OCH3 is 2. The Balaban J connectivity index is 1.72. The molecule has 0 aliphatic heterocycles. The molecule has 4 rings (SSSR count).